The van der Waals surface area contributed by atoms with E-state index in [1.807, 2.05) is 18.7 Å². The molecule has 3 rings (SSSR count). The van der Waals surface area contributed by atoms with E-state index < -0.39 is 0 Å². The van der Waals surface area contributed by atoms with Gasteiger partial charge in [-0.1, -0.05) is 0 Å². The number of piperidine rings is 1. The first-order valence-electron chi connectivity index (χ1n) is 8.80. The second kappa shape index (κ2) is 7.25. The third-order valence-electron chi connectivity index (χ3n) is 4.74. The molecule has 0 aliphatic carbocycles. The summed E-state index contributed by atoms with van der Waals surface area (Å²) in [7, 11) is 1.88. The molecule has 1 unspecified atom stereocenters. The van der Waals surface area contributed by atoms with Crippen LogP contribution < -0.4 is 0 Å². The molecule has 0 aromatic carbocycles. The molecule has 1 aliphatic rings. The van der Waals surface area contributed by atoms with Crippen molar-refractivity contribution in [3.05, 3.63) is 11.9 Å². The van der Waals surface area contributed by atoms with Crippen molar-refractivity contribution in [2.45, 2.75) is 39.7 Å². The van der Waals surface area contributed by atoms with E-state index in [9.17, 15) is 9.59 Å². The van der Waals surface area contributed by atoms with E-state index in [1.165, 1.54) is 0 Å². The summed E-state index contributed by atoms with van der Waals surface area (Å²) in [6.45, 7) is 5.79. The van der Waals surface area contributed by atoms with Crippen molar-refractivity contribution >= 4 is 22.9 Å². The highest BCUT2D eigenvalue weighted by Crippen LogP contribution is 2.20. The number of carbonyl (C=O) groups excluding carboxylic acids is 2. The normalized spacial score (nSPS) is 17.9. The molecule has 0 N–H and O–H groups in total. The molecule has 3 heterocycles. The van der Waals surface area contributed by atoms with Crippen LogP contribution in [0.1, 0.15) is 31.9 Å². The van der Waals surface area contributed by atoms with Crippen LogP contribution >= 0.6 is 0 Å². The lowest BCUT2D eigenvalue weighted by Crippen LogP contribution is -2.43. The molecule has 1 saturated heterocycles. The zero-order valence-electron chi connectivity index (χ0n) is 15.1. The number of hydrogen-bond acceptors (Lipinski definition) is 5. The number of likely N-dealkylation sites (tertiary alicyclic amines) is 1. The van der Waals surface area contributed by atoms with Gasteiger partial charge in [0.2, 0.25) is 5.91 Å². The predicted octanol–water partition coefficient (Wildman–Crippen LogP) is 1.27. The molecule has 1 aliphatic heterocycles. The van der Waals surface area contributed by atoms with Crippen LogP contribution in [0.2, 0.25) is 0 Å². The molecule has 1 amide bonds. The van der Waals surface area contributed by atoms with Crippen LogP contribution in [0.3, 0.4) is 0 Å². The summed E-state index contributed by atoms with van der Waals surface area (Å²) >= 11 is 0. The third kappa shape index (κ3) is 3.52. The van der Waals surface area contributed by atoms with E-state index in [1.54, 1.807) is 22.7 Å². The maximum atomic E-state index is 12.6. The van der Waals surface area contributed by atoms with Crippen LogP contribution in [0, 0.1) is 12.8 Å². The summed E-state index contributed by atoms with van der Waals surface area (Å²) in [5, 5.41) is 8.76. The number of carbonyl (C=O) groups is 2. The number of nitrogens with zero attached hydrogens (tertiary/aromatic N) is 5. The van der Waals surface area contributed by atoms with E-state index in [0.29, 0.717) is 32.7 Å². The summed E-state index contributed by atoms with van der Waals surface area (Å²) in [5.41, 5.74) is 2.84. The monoisotopic (exact) mass is 347 g/mol. The Hall–Kier alpha value is -2.38. The Morgan fingerprint density at radius 3 is 2.96 bits per heavy atom. The van der Waals surface area contributed by atoms with Gasteiger partial charge < -0.3 is 9.64 Å². The lowest BCUT2D eigenvalue weighted by molar-refractivity contribution is -0.151. The number of amides is 1. The Morgan fingerprint density at radius 1 is 1.40 bits per heavy atom. The van der Waals surface area contributed by atoms with Gasteiger partial charge in [-0.15, -0.1) is 0 Å². The quantitative estimate of drug-likeness (QED) is 0.761. The largest absolute Gasteiger partial charge is 0.466 e. The van der Waals surface area contributed by atoms with Gasteiger partial charge in [-0.05, 0) is 26.7 Å². The van der Waals surface area contributed by atoms with Gasteiger partial charge >= 0.3 is 5.97 Å². The minimum atomic E-state index is -0.199. The molecular weight excluding hydrogens is 322 g/mol. The highest BCUT2D eigenvalue weighted by molar-refractivity contribution is 5.80. The highest BCUT2D eigenvalue weighted by Gasteiger charge is 2.29. The molecule has 0 spiro atoms. The Balaban J connectivity index is 1.61. The second-order valence-corrected chi connectivity index (χ2v) is 6.49. The van der Waals surface area contributed by atoms with Gasteiger partial charge in [0.15, 0.2) is 0 Å². The summed E-state index contributed by atoms with van der Waals surface area (Å²) in [5.74, 6) is -0.339. The number of esters is 1. The molecule has 25 heavy (non-hydrogen) atoms. The van der Waals surface area contributed by atoms with Crippen molar-refractivity contribution in [3.8, 4) is 0 Å². The average Bonchev–Trinajstić information content (AvgIpc) is 3.15. The molecule has 8 heteroatoms. The fourth-order valence-corrected chi connectivity index (χ4v) is 3.50. The molecule has 2 aromatic rings. The third-order valence-corrected chi connectivity index (χ3v) is 4.74. The van der Waals surface area contributed by atoms with Gasteiger partial charge in [-0.3, -0.25) is 19.0 Å². The molecule has 0 radical (unpaired) electrons. The molecule has 0 saturated carbocycles. The van der Waals surface area contributed by atoms with E-state index in [0.717, 1.165) is 29.6 Å². The summed E-state index contributed by atoms with van der Waals surface area (Å²) in [4.78, 5) is 26.3. The van der Waals surface area contributed by atoms with Crippen LogP contribution in [-0.4, -0.2) is 56.0 Å². The number of aryl methyl sites for hydroxylation is 3. The second-order valence-electron chi connectivity index (χ2n) is 6.49. The Bertz CT molecular complexity index is 779. The molecule has 1 fully saturated rings. The zero-order valence-corrected chi connectivity index (χ0v) is 15.1. The number of ether oxygens (including phenoxy) is 1. The van der Waals surface area contributed by atoms with Crippen molar-refractivity contribution in [1.82, 2.24) is 24.5 Å². The Labute approximate surface area is 146 Å². The minimum absolute atomic E-state index is 0.0548. The highest BCUT2D eigenvalue weighted by atomic mass is 16.5. The smallest absolute Gasteiger partial charge is 0.310 e. The van der Waals surface area contributed by atoms with Gasteiger partial charge in [-0.2, -0.15) is 10.2 Å². The van der Waals surface area contributed by atoms with Gasteiger partial charge in [0, 0.05) is 26.6 Å². The first-order valence-corrected chi connectivity index (χ1v) is 8.80. The first kappa shape index (κ1) is 17.4. The van der Waals surface area contributed by atoms with Crippen LogP contribution in [0.15, 0.2) is 6.20 Å². The first-order chi connectivity index (χ1) is 12.0. The van der Waals surface area contributed by atoms with Crippen LogP contribution in [0.25, 0.3) is 11.0 Å². The van der Waals surface area contributed by atoms with Gasteiger partial charge in [0.05, 0.1) is 31.0 Å². The maximum absolute atomic E-state index is 12.6. The van der Waals surface area contributed by atoms with Crippen LogP contribution in [0.5, 0.6) is 0 Å². The fourth-order valence-electron chi connectivity index (χ4n) is 3.50. The lowest BCUT2D eigenvalue weighted by Gasteiger charge is -2.31. The summed E-state index contributed by atoms with van der Waals surface area (Å²) < 4.78 is 8.72. The predicted molar refractivity (Wildman–Crippen MR) is 91.8 cm³/mol. The number of rotatable bonds is 5. The molecule has 136 valence electrons. The maximum Gasteiger partial charge on any atom is 0.310 e. The van der Waals surface area contributed by atoms with Gasteiger partial charge in [0.1, 0.15) is 11.0 Å². The Morgan fingerprint density at radius 2 is 2.20 bits per heavy atom. The summed E-state index contributed by atoms with van der Waals surface area (Å²) in [6, 6.07) is 0. The van der Waals surface area contributed by atoms with Crippen molar-refractivity contribution in [2.75, 3.05) is 19.7 Å². The van der Waals surface area contributed by atoms with E-state index >= 15 is 0 Å². The molecule has 1 atom stereocenters. The SMILES string of the molecule is CCOC(=O)C1CCCN(C(=O)CCn2ncc3c2c(C)nn3C)C1. The number of hydrogen-bond donors (Lipinski definition) is 0. The Kier molecular flexibility index (Phi) is 5.06. The average molecular weight is 347 g/mol. The van der Waals surface area contributed by atoms with Crippen molar-refractivity contribution in [2.24, 2.45) is 13.0 Å². The summed E-state index contributed by atoms with van der Waals surface area (Å²) in [6.07, 6.45) is 3.76. The van der Waals surface area contributed by atoms with Gasteiger partial charge in [-0.25, -0.2) is 0 Å². The van der Waals surface area contributed by atoms with Crippen molar-refractivity contribution in [1.29, 1.82) is 0 Å². The van der Waals surface area contributed by atoms with E-state index in [2.05, 4.69) is 10.2 Å². The fraction of sp³-hybridized carbons (Fsp3) is 0.647. The standard InChI is InChI=1S/C17H25N5O3/c1-4-25-17(24)13-6-5-8-21(11-13)15(23)7-9-22-16-12(2)19-20(3)14(16)10-18-22/h10,13H,4-9,11H2,1-3H3. The van der Waals surface area contributed by atoms with E-state index in [4.69, 9.17) is 4.74 Å². The minimum Gasteiger partial charge on any atom is -0.466 e. The topological polar surface area (TPSA) is 82.2 Å². The molecule has 0 bridgehead atoms. The molecule has 2 aromatic heterocycles. The van der Waals surface area contributed by atoms with Crippen LogP contribution in [-0.2, 0) is 27.9 Å². The molecular formula is C17H25N5O3. The van der Waals surface area contributed by atoms with Gasteiger partial charge in [0.25, 0.3) is 0 Å². The van der Waals surface area contributed by atoms with Crippen LogP contribution in [0.4, 0.5) is 0 Å². The van der Waals surface area contributed by atoms with Crippen molar-refractivity contribution in [3.63, 3.8) is 0 Å². The lowest BCUT2D eigenvalue weighted by atomic mass is 9.98. The van der Waals surface area contributed by atoms with Crippen molar-refractivity contribution < 1.29 is 14.3 Å². The number of fused-ring (bicyclic) bond motifs is 1. The molecule has 8 nitrogen and oxygen atoms in total. The number of aromatic nitrogens is 4. The zero-order chi connectivity index (χ0) is 18.0. The van der Waals surface area contributed by atoms with E-state index in [-0.39, 0.29) is 17.8 Å².